The number of hydrogen-bond acceptors (Lipinski definition) is 8. The number of aromatic nitrogens is 3. The van der Waals surface area contributed by atoms with Gasteiger partial charge in [-0.25, -0.2) is 4.98 Å². The number of methoxy groups -OCH3 is 2. The summed E-state index contributed by atoms with van der Waals surface area (Å²) in [6.45, 7) is 7.23. The number of esters is 1. The molecule has 7 atom stereocenters. The molecule has 308 valence electrons. The number of allylic oxidation sites excluding steroid dienone is 1. The van der Waals surface area contributed by atoms with Gasteiger partial charge in [-0.15, -0.1) is 0 Å². The summed E-state index contributed by atoms with van der Waals surface area (Å²) in [6, 6.07) is 19.0. The number of ether oxygens (including phenoxy) is 2. The molecule has 2 saturated carbocycles. The third-order valence-electron chi connectivity index (χ3n) is 13.4. The number of aromatic amines is 1. The van der Waals surface area contributed by atoms with Crippen molar-refractivity contribution in [2.45, 2.75) is 90.3 Å². The Kier molecular flexibility index (Phi) is 11.9. The summed E-state index contributed by atoms with van der Waals surface area (Å²) in [5.41, 5.74) is 9.86. The molecule has 11 nitrogen and oxygen atoms in total. The molecule has 1 saturated heterocycles. The van der Waals surface area contributed by atoms with Gasteiger partial charge >= 0.3 is 5.97 Å². The van der Waals surface area contributed by atoms with Crippen molar-refractivity contribution in [3.05, 3.63) is 102 Å². The number of fused-ring (bicyclic) bond motifs is 2. The summed E-state index contributed by atoms with van der Waals surface area (Å²) in [6.07, 6.45) is 13.0. The lowest BCUT2D eigenvalue weighted by Gasteiger charge is -2.30. The van der Waals surface area contributed by atoms with E-state index in [1.165, 1.54) is 24.7 Å². The fraction of sp³-hybridized carbons (Fsp3) is 0.458. The van der Waals surface area contributed by atoms with E-state index >= 15 is 0 Å². The molecule has 4 aliphatic rings. The van der Waals surface area contributed by atoms with Crippen molar-refractivity contribution in [3.8, 4) is 22.4 Å². The predicted molar refractivity (Wildman–Crippen MR) is 228 cm³/mol. The molecule has 8 rings (SSSR count). The molecule has 2 aliphatic heterocycles. The van der Waals surface area contributed by atoms with E-state index in [-0.39, 0.29) is 36.1 Å². The van der Waals surface area contributed by atoms with Gasteiger partial charge in [-0.05, 0) is 95.7 Å². The number of carbonyl (C=O) groups excluding carboxylic acids is 3. The van der Waals surface area contributed by atoms with Crippen molar-refractivity contribution in [3.63, 3.8) is 0 Å². The second-order valence-corrected chi connectivity index (χ2v) is 17.2. The number of benzene rings is 2. The molecule has 11 heteroatoms. The highest BCUT2D eigenvalue weighted by atomic mass is 16.5. The van der Waals surface area contributed by atoms with Crippen molar-refractivity contribution in [1.82, 2.24) is 25.2 Å². The molecule has 2 amide bonds. The first-order chi connectivity index (χ1) is 28.6. The highest BCUT2D eigenvalue weighted by Gasteiger charge is 2.52. The van der Waals surface area contributed by atoms with Crippen LogP contribution in [0.25, 0.3) is 28.0 Å². The molecule has 3 fully saturated rings. The third kappa shape index (κ3) is 8.40. The van der Waals surface area contributed by atoms with Gasteiger partial charge in [0.25, 0.3) is 0 Å². The highest BCUT2D eigenvalue weighted by Crippen LogP contribution is 2.54. The van der Waals surface area contributed by atoms with Crippen molar-refractivity contribution in [2.24, 2.45) is 34.6 Å². The number of aliphatic imine (C=N–C) groups is 1. The standard InChI is InChI=1S/C48H56N6O5/c1-28(2)37-19-30(23-49-25-37)24-52-47(56)45-36-17-16-35(20-36)44(45)40-21-38(26-50-40)33-10-8-31(9-11-33)32-12-14-34(15-13-32)41-27-51-46(53-41)42-7-6-18-54(42)48(57)39(29(3)58-4)22-43(55)59-5/h8-15,19,23,25-29,35-36,39,42,44-45H,6-7,16-18,20-22,24H2,1-5H3,(H,51,53)(H,52,56)/t29-,35?,36?,39+,42+,44?,45+/m1/s1. The minimum Gasteiger partial charge on any atom is -0.469 e. The van der Waals surface area contributed by atoms with Crippen LogP contribution >= 0.6 is 0 Å². The topological polar surface area (TPSA) is 139 Å². The van der Waals surface area contributed by atoms with Gasteiger partial charge in [0, 0.05) is 62.8 Å². The van der Waals surface area contributed by atoms with Gasteiger partial charge in [-0.1, -0.05) is 68.4 Å². The van der Waals surface area contributed by atoms with E-state index in [4.69, 9.17) is 19.5 Å². The molecule has 0 radical (unpaired) electrons. The SMILES string of the molecule is COC(=O)C[C@H](C(=O)N1CCC[C@H]1c1ncc(-c2ccc(-c3ccc(C4=CN=C(C5C6CCC(C6)[C@@H]5C(=O)NCc5cncc(C(C)C)c5)C4)cc3)cc2)[nH]1)[C@@H](C)OC. The fourth-order valence-electron chi connectivity index (χ4n) is 9.98. The van der Waals surface area contributed by atoms with Crippen LogP contribution in [0.5, 0.6) is 0 Å². The Morgan fingerprint density at radius 2 is 1.61 bits per heavy atom. The van der Waals surface area contributed by atoms with Gasteiger partial charge in [0.1, 0.15) is 5.82 Å². The fourth-order valence-corrected chi connectivity index (χ4v) is 9.98. The first-order valence-corrected chi connectivity index (χ1v) is 21.2. The monoisotopic (exact) mass is 796 g/mol. The number of carbonyl (C=O) groups is 3. The van der Waals surface area contributed by atoms with Gasteiger partial charge in [-0.3, -0.25) is 24.4 Å². The molecule has 2 aliphatic carbocycles. The zero-order valence-electron chi connectivity index (χ0n) is 34.8. The molecule has 2 bridgehead atoms. The Morgan fingerprint density at radius 3 is 2.32 bits per heavy atom. The number of pyridine rings is 1. The maximum atomic E-state index is 13.8. The van der Waals surface area contributed by atoms with Crippen LogP contribution in [-0.2, 0) is 30.4 Å². The van der Waals surface area contributed by atoms with Crippen molar-refractivity contribution >= 4 is 29.1 Å². The van der Waals surface area contributed by atoms with Crippen LogP contribution in [0, 0.1) is 29.6 Å². The van der Waals surface area contributed by atoms with Gasteiger partial charge in [-0.2, -0.15) is 0 Å². The lowest BCUT2D eigenvalue weighted by molar-refractivity contribution is -0.151. The number of hydrogen-bond donors (Lipinski definition) is 2. The molecule has 3 unspecified atom stereocenters. The molecular weight excluding hydrogens is 741 g/mol. The first-order valence-electron chi connectivity index (χ1n) is 21.2. The van der Waals surface area contributed by atoms with E-state index in [0.717, 1.165) is 77.2 Å². The van der Waals surface area contributed by atoms with E-state index in [9.17, 15) is 14.4 Å². The largest absolute Gasteiger partial charge is 0.469 e. The van der Waals surface area contributed by atoms with Gasteiger partial charge in [0.05, 0.1) is 43.5 Å². The molecule has 2 aromatic heterocycles. The Bertz CT molecular complexity index is 2230. The minimum absolute atomic E-state index is 0.0242. The van der Waals surface area contributed by atoms with Crippen LogP contribution in [0.4, 0.5) is 0 Å². The summed E-state index contributed by atoms with van der Waals surface area (Å²) in [4.78, 5) is 59.0. The summed E-state index contributed by atoms with van der Waals surface area (Å²) in [7, 11) is 2.88. The molecule has 2 aromatic carbocycles. The average molecular weight is 797 g/mol. The maximum absolute atomic E-state index is 13.8. The number of H-pyrrole nitrogens is 1. The maximum Gasteiger partial charge on any atom is 0.306 e. The summed E-state index contributed by atoms with van der Waals surface area (Å²) in [5, 5.41) is 3.27. The van der Waals surface area contributed by atoms with Crippen LogP contribution in [0.1, 0.15) is 100 Å². The zero-order chi connectivity index (χ0) is 41.2. The van der Waals surface area contributed by atoms with Crippen LogP contribution in [0.3, 0.4) is 0 Å². The van der Waals surface area contributed by atoms with Gasteiger partial charge < -0.3 is 24.7 Å². The molecule has 2 N–H and O–H groups in total. The predicted octanol–water partition coefficient (Wildman–Crippen LogP) is 8.30. The van der Waals surface area contributed by atoms with Crippen LogP contribution in [0.15, 0.2) is 84.4 Å². The number of amides is 2. The van der Waals surface area contributed by atoms with E-state index in [1.54, 1.807) is 7.11 Å². The van der Waals surface area contributed by atoms with Gasteiger partial charge in [0.15, 0.2) is 0 Å². The van der Waals surface area contributed by atoms with E-state index in [2.05, 4.69) is 83.7 Å². The highest BCUT2D eigenvalue weighted by molar-refractivity contribution is 6.02. The quantitative estimate of drug-likeness (QED) is 0.123. The Hall–Kier alpha value is -5.42. The zero-order valence-corrected chi connectivity index (χ0v) is 34.8. The van der Waals surface area contributed by atoms with E-state index in [0.29, 0.717) is 30.8 Å². The third-order valence-corrected chi connectivity index (χ3v) is 13.4. The normalized spacial score (nSPS) is 23.3. The van der Waals surface area contributed by atoms with Crippen molar-refractivity contribution in [2.75, 3.05) is 20.8 Å². The van der Waals surface area contributed by atoms with E-state index in [1.807, 2.05) is 36.6 Å². The molecule has 0 spiro atoms. The lowest BCUT2D eigenvalue weighted by atomic mass is 9.75. The van der Waals surface area contributed by atoms with E-state index < -0.39 is 18.0 Å². The number of nitrogens with one attached hydrogen (secondary N) is 2. The van der Waals surface area contributed by atoms with Crippen LogP contribution in [-0.4, -0.2) is 70.2 Å². The minimum atomic E-state index is -0.633. The Labute approximate surface area is 347 Å². The number of rotatable bonds is 14. The first kappa shape index (κ1) is 40.4. The lowest BCUT2D eigenvalue weighted by Crippen LogP contribution is -2.41. The smallest absolute Gasteiger partial charge is 0.306 e. The van der Waals surface area contributed by atoms with Crippen molar-refractivity contribution < 1.29 is 23.9 Å². The van der Waals surface area contributed by atoms with Crippen LogP contribution < -0.4 is 5.32 Å². The number of nitrogens with zero attached hydrogens (tertiary/aromatic N) is 4. The number of imidazole rings is 1. The Balaban J connectivity index is 0.883. The van der Waals surface area contributed by atoms with Gasteiger partial charge in [0.2, 0.25) is 11.8 Å². The second kappa shape index (κ2) is 17.4. The average Bonchev–Trinajstić information content (AvgIpc) is 4.13. The Morgan fingerprint density at radius 1 is 0.898 bits per heavy atom. The second-order valence-electron chi connectivity index (χ2n) is 17.2. The molecule has 59 heavy (non-hydrogen) atoms. The summed E-state index contributed by atoms with van der Waals surface area (Å²) in [5.74, 6) is 1.22. The van der Waals surface area contributed by atoms with Crippen molar-refractivity contribution in [1.29, 1.82) is 0 Å². The molecule has 4 heterocycles. The summed E-state index contributed by atoms with van der Waals surface area (Å²) < 4.78 is 10.3. The molecular formula is C48H56N6O5. The van der Waals surface area contributed by atoms with Crippen LogP contribution in [0.2, 0.25) is 0 Å². The molecule has 4 aromatic rings. The summed E-state index contributed by atoms with van der Waals surface area (Å²) >= 11 is 0. The number of likely N-dealkylation sites (tertiary alicyclic amines) is 1.